The third kappa shape index (κ3) is 1.92. The van der Waals surface area contributed by atoms with Crippen molar-refractivity contribution in [1.29, 1.82) is 0 Å². The molecule has 12 heteroatoms. The van der Waals surface area contributed by atoms with Crippen LogP contribution in [0.3, 0.4) is 0 Å². The van der Waals surface area contributed by atoms with Gasteiger partial charge in [-0.3, -0.25) is 0 Å². The first-order valence-electron chi connectivity index (χ1n) is 14.5. The number of hydrogen-bond acceptors (Lipinski definition) is 5. The van der Waals surface area contributed by atoms with Crippen LogP contribution >= 0.6 is 0 Å². The van der Waals surface area contributed by atoms with Gasteiger partial charge in [0.1, 0.15) is 11.4 Å². The highest BCUT2D eigenvalue weighted by atomic mass is 32.2. The van der Waals surface area contributed by atoms with Crippen LogP contribution in [0.1, 0.15) is 0 Å². The molecule has 2 unspecified atom stereocenters. The monoisotopic (exact) mass is 602 g/mol. The van der Waals surface area contributed by atoms with E-state index in [0.717, 1.165) is 98.0 Å². The number of rotatable bonds is 0. The quantitative estimate of drug-likeness (QED) is 0.0993. The molecule has 7 aliphatic rings. The van der Waals surface area contributed by atoms with Crippen molar-refractivity contribution in [3.8, 4) is 34.0 Å². The predicted octanol–water partition coefficient (Wildman–Crippen LogP) is -0.697. The van der Waals surface area contributed by atoms with Gasteiger partial charge in [-0.1, -0.05) is 24.3 Å². The van der Waals surface area contributed by atoms with Gasteiger partial charge >= 0.3 is 24.8 Å². The lowest BCUT2D eigenvalue weighted by Crippen LogP contribution is -2.99. The summed E-state index contributed by atoms with van der Waals surface area (Å²) in [7, 11) is 0. The summed E-state index contributed by atoms with van der Waals surface area (Å²) >= 11 is -2.76. The van der Waals surface area contributed by atoms with E-state index in [0.29, 0.717) is 0 Å². The number of benzene rings is 4. The topological polar surface area (TPSA) is 88.9 Å². The molecule has 0 radical (unpaired) electrons. The zero-order chi connectivity index (χ0) is 28.4. The molecule has 4 aromatic carbocycles. The lowest BCUT2D eigenvalue weighted by Gasteiger charge is -2.39. The Balaban J connectivity index is 1.32. The van der Waals surface area contributed by atoms with Gasteiger partial charge in [0.25, 0.3) is 12.4 Å². The fourth-order valence-corrected chi connectivity index (χ4v) is 12.3. The molecule has 9 heterocycles. The Kier molecular flexibility index (Phi) is 3.33. The largest absolute Gasteiger partial charge is 0.606 e. The van der Waals surface area contributed by atoms with Crippen molar-refractivity contribution in [2.24, 2.45) is 0 Å². The van der Waals surface area contributed by atoms with Gasteiger partial charge in [0.15, 0.2) is 24.3 Å². The number of ether oxygens (including phenoxy) is 1. The normalized spacial score (nSPS) is 22.5. The predicted molar refractivity (Wildman–Crippen MR) is 164 cm³/mol. The van der Waals surface area contributed by atoms with Crippen LogP contribution in [-0.4, -0.2) is 32.5 Å². The van der Waals surface area contributed by atoms with Crippen LogP contribution in [0.25, 0.3) is 22.5 Å². The SMILES string of the molecule is [O-][S+]1c2cccc3c2B2c4c1ccc1c4[N+]4(c5c(ccc6c5B5c7c(cccc7[S+]6[O-])-c6ncc[n+]4c65)O1)[n+]1ccnc-3c12. The summed E-state index contributed by atoms with van der Waals surface area (Å²) in [5.74, 6) is 1.45. The molecule has 0 saturated carbocycles. The second-order valence-electron chi connectivity index (χ2n) is 12.2. The minimum atomic E-state index is -1.38. The molecule has 7 aliphatic heterocycles. The average Bonchev–Trinajstić information content (AvgIpc) is 3.59. The van der Waals surface area contributed by atoms with E-state index in [-0.39, 0.29) is 18.1 Å². The Morgan fingerprint density at radius 2 is 1.09 bits per heavy atom. The Labute approximate surface area is 256 Å². The zero-order valence-corrected chi connectivity index (χ0v) is 24.1. The Morgan fingerprint density at radius 3 is 1.59 bits per heavy atom. The third-order valence-electron chi connectivity index (χ3n) is 10.7. The van der Waals surface area contributed by atoms with Crippen LogP contribution in [0.2, 0.25) is 0 Å². The van der Waals surface area contributed by atoms with Crippen LogP contribution in [-0.2, 0) is 22.4 Å². The van der Waals surface area contributed by atoms with Crippen LogP contribution in [0.15, 0.2) is 105 Å². The second-order valence-corrected chi connectivity index (χ2v) is 15.0. The molecule has 2 aromatic heterocycles. The van der Waals surface area contributed by atoms with Gasteiger partial charge in [-0.15, -0.1) is 0 Å². The molecule has 44 heavy (non-hydrogen) atoms. The first kappa shape index (κ1) is 22.1. The van der Waals surface area contributed by atoms with E-state index in [2.05, 4.69) is 33.9 Å². The smallest absolute Gasteiger partial charge is 0.356 e. The van der Waals surface area contributed by atoms with Crippen LogP contribution in [0, 0.1) is 0 Å². The summed E-state index contributed by atoms with van der Waals surface area (Å²) in [4.78, 5) is 13.2. The first-order valence-corrected chi connectivity index (χ1v) is 16.8. The molecule has 6 aromatic rings. The van der Waals surface area contributed by atoms with Crippen molar-refractivity contribution in [2.45, 2.75) is 19.6 Å². The number of aromatic nitrogens is 4. The van der Waals surface area contributed by atoms with Crippen molar-refractivity contribution in [2.75, 3.05) is 0 Å². The molecule has 0 bridgehead atoms. The van der Waals surface area contributed by atoms with E-state index in [1.165, 1.54) is 0 Å². The molecule has 0 saturated heterocycles. The molecule has 0 N–H and O–H groups in total. The number of nitrogens with zero attached hydrogens (tertiary/aromatic N) is 5. The number of fused-ring (bicyclic) bond motifs is 2. The van der Waals surface area contributed by atoms with Crippen molar-refractivity contribution < 1.29 is 23.2 Å². The van der Waals surface area contributed by atoms with Crippen LogP contribution in [0.4, 0.5) is 11.4 Å². The molecule has 8 nitrogen and oxygen atoms in total. The molecule has 0 aliphatic carbocycles. The van der Waals surface area contributed by atoms with Gasteiger partial charge in [-0.25, -0.2) is 9.97 Å². The van der Waals surface area contributed by atoms with Gasteiger partial charge in [-0.2, -0.15) is 0 Å². The summed E-state index contributed by atoms with van der Waals surface area (Å²) < 4.78 is 40.4. The van der Waals surface area contributed by atoms with E-state index in [1.807, 2.05) is 60.9 Å². The van der Waals surface area contributed by atoms with Crippen molar-refractivity contribution >= 4 is 80.2 Å². The van der Waals surface area contributed by atoms with Crippen molar-refractivity contribution in [3.05, 3.63) is 85.5 Å². The maximum atomic E-state index is 14.4. The van der Waals surface area contributed by atoms with Crippen LogP contribution in [0.5, 0.6) is 11.5 Å². The molecule has 1 spiro atoms. The fraction of sp³-hybridized carbons (Fsp3) is 0. The second kappa shape index (κ2) is 6.63. The third-order valence-corrected chi connectivity index (χ3v) is 13.7. The van der Waals surface area contributed by atoms with E-state index in [1.54, 1.807) is 0 Å². The summed E-state index contributed by atoms with van der Waals surface area (Å²) in [6, 6.07) is 20.1. The summed E-state index contributed by atoms with van der Waals surface area (Å²) in [5, 5.41) is 0. The molecule has 0 amide bonds. The van der Waals surface area contributed by atoms with E-state index < -0.39 is 22.4 Å². The lowest BCUT2D eigenvalue weighted by atomic mass is 9.38. The van der Waals surface area contributed by atoms with E-state index >= 15 is 0 Å². The molecular formula is C32H14B2N5O3S2+3. The minimum absolute atomic E-state index is 0.126. The zero-order valence-electron chi connectivity index (χ0n) is 22.5. The minimum Gasteiger partial charge on any atom is -0.606 e. The number of quaternary nitrogens is 1. The maximum absolute atomic E-state index is 14.4. The Hall–Kier alpha value is -4.45. The Bertz CT molecular complexity index is 2360. The summed E-state index contributed by atoms with van der Waals surface area (Å²) in [5.41, 5.74) is 12.0. The summed E-state index contributed by atoms with van der Waals surface area (Å²) in [6.07, 6.45) is 7.88. The highest BCUT2D eigenvalue weighted by molar-refractivity contribution is 7.92. The van der Waals surface area contributed by atoms with E-state index in [4.69, 9.17) is 14.7 Å². The molecular weight excluding hydrogens is 588 g/mol. The van der Waals surface area contributed by atoms with Gasteiger partial charge in [0.2, 0.25) is 22.7 Å². The highest BCUT2D eigenvalue weighted by Gasteiger charge is 2.77. The lowest BCUT2D eigenvalue weighted by molar-refractivity contribution is -1.03. The number of hydrogen-bond donors (Lipinski definition) is 0. The van der Waals surface area contributed by atoms with E-state index in [9.17, 15) is 9.11 Å². The van der Waals surface area contributed by atoms with Gasteiger partial charge in [0.05, 0.1) is 23.3 Å². The van der Waals surface area contributed by atoms with Crippen molar-refractivity contribution in [1.82, 2.24) is 14.7 Å². The molecule has 2 atom stereocenters. The van der Waals surface area contributed by atoms with Gasteiger partial charge in [-0.05, 0) is 36.4 Å². The highest BCUT2D eigenvalue weighted by Crippen LogP contribution is 2.53. The average molecular weight is 602 g/mol. The van der Waals surface area contributed by atoms with Gasteiger partial charge in [0, 0.05) is 53.8 Å². The molecule has 0 fully saturated rings. The molecule has 200 valence electrons. The first-order chi connectivity index (χ1) is 21.7. The molecule has 13 rings (SSSR count). The van der Waals surface area contributed by atoms with Gasteiger partial charge < -0.3 is 13.8 Å². The van der Waals surface area contributed by atoms with Crippen molar-refractivity contribution in [3.63, 3.8) is 0 Å². The van der Waals surface area contributed by atoms with Crippen LogP contribution < -0.4 is 51.8 Å². The standard InChI is InChI=1S/C32H14B2N5O3S2/c40-43-19-5-1-3-15-23(19)33-25-21(43)9-7-17-29(25)39(37-13-11-35-27(15)31(33)37)30-18(42-17)8-10-22-26(30)34-24-16(4-2-6-20(24)44(22)41)28-32(34)38(39)14-12-36-28/h1-14H/q+3. The summed E-state index contributed by atoms with van der Waals surface area (Å²) in [6.45, 7) is -0.265. The maximum Gasteiger partial charge on any atom is 0.356 e. The fourth-order valence-electron chi connectivity index (χ4n) is 9.40. The Morgan fingerprint density at radius 1 is 0.614 bits per heavy atom.